The van der Waals surface area contributed by atoms with E-state index in [9.17, 15) is 4.79 Å². The molecule has 5 nitrogen and oxygen atoms in total. The lowest BCUT2D eigenvalue weighted by Gasteiger charge is -2.05. The van der Waals surface area contributed by atoms with E-state index in [0.717, 1.165) is 48.6 Å². The zero-order valence-corrected chi connectivity index (χ0v) is 19.5. The molecule has 0 aromatic carbocycles. The van der Waals surface area contributed by atoms with Crippen LogP contribution in [0.3, 0.4) is 0 Å². The first kappa shape index (κ1) is 24.3. The Kier molecular flexibility index (Phi) is 12.1. The molecule has 0 aliphatic heterocycles. The van der Waals surface area contributed by atoms with Crippen molar-refractivity contribution in [1.82, 2.24) is 15.7 Å². The van der Waals surface area contributed by atoms with E-state index < -0.39 is 0 Å². The van der Waals surface area contributed by atoms with E-state index >= 15 is 0 Å². The fraction of sp³-hybridized carbons (Fsp3) is 0.435. The Balaban J connectivity index is 1.53. The molecule has 0 spiro atoms. The monoisotopic (exact) mass is 444 g/mol. The smallest absolute Gasteiger partial charge is 0.220 e. The van der Waals surface area contributed by atoms with Gasteiger partial charge in [0.15, 0.2) is 0 Å². The van der Waals surface area contributed by atoms with Gasteiger partial charge in [0, 0.05) is 44.1 Å². The SMILES string of the molecule is CN/N=C(\C)CC1=CCC=C(CCCCC(=O)NCCSSc2ccccn2)C=C1. The number of rotatable bonds is 13. The van der Waals surface area contributed by atoms with Crippen LogP contribution in [-0.4, -0.2) is 35.9 Å². The summed E-state index contributed by atoms with van der Waals surface area (Å²) in [6, 6.07) is 5.88. The summed E-state index contributed by atoms with van der Waals surface area (Å²) >= 11 is 0. The molecule has 7 heteroatoms. The maximum Gasteiger partial charge on any atom is 0.220 e. The maximum atomic E-state index is 12.0. The van der Waals surface area contributed by atoms with E-state index in [2.05, 4.69) is 45.1 Å². The van der Waals surface area contributed by atoms with Crippen molar-refractivity contribution < 1.29 is 4.79 Å². The number of allylic oxidation sites excluding steroid dienone is 6. The number of aromatic nitrogens is 1. The average Bonchev–Trinajstić information content (AvgIpc) is 2.97. The third kappa shape index (κ3) is 10.7. The predicted molar refractivity (Wildman–Crippen MR) is 131 cm³/mol. The number of amides is 1. The molecule has 2 N–H and O–H groups in total. The molecular formula is C23H32N4OS2. The van der Waals surface area contributed by atoms with Crippen LogP contribution in [0.2, 0.25) is 0 Å². The number of nitrogens with one attached hydrogen (secondary N) is 2. The molecule has 162 valence electrons. The van der Waals surface area contributed by atoms with E-state index in [1.54, 1.807) is 27.8 Å². The standard InChI is InChI=1S/C23H32N4OS2/c1-19(27-24-2)18-21-10-7-9-20(13-14-21)8-3-4-11-22(28)25-16-17-29-30-23-12-5-6-15-26-23/h5-6,9-10,12-15,24H,3-4,7-8,11,16-18H2,1-2H3,(H,25,28)/b27-19+. The minimum absolute atomic E-state index is 0.145. The molecule has 0 fully saturated rings. The van der Waals surface area contributed by atoms with Crippen molar-refractivity contribution in [3.05, 3.63) is 59.8 Å². The van der Waals surface area contributed by atoms with E-state index in [4.69, 9.17) is 0 Å². The van der Waals surface area contributed by atoms with Gasteiger partial charge < -0.3 is 10.7 Å². The van der Waals surface area contributed by atoms with Crippen molar-refractivity contribution in [3.63, 3.8) is 0 Å². The van der Waals surface area contributed by atoms with E-state index in [0.29, 0.717) is 13.0 Å². The van der Waals surface area contributed by atoms with Gasteiger partial charge in [-0.2, -0.15) is 5.10 Å². The Morgan fingerprint density at radius 3 is 2.83 bits per heavy atom. The second-order valence-electron chi connectivity index (χ2n) is 7.00. The van der Waals surface area contributed by atoms with Crippen LogP contribution in [0.15, 0.2) is 70.0 Å². The van der Waals surface area contributed by atoms with E-state index in [1.165, 1.54) is 11.1 Å². The maximum absolute atomic E-state index is 12.0. The Hall–Kier alpha value is -1.99. The molecule has 0 bridgehead atoms. The van der Waals surface area contributed by atoms with Gasteiger partial charge in [-0.05, 0) is 61.1 Å². The molecule has 1 aromatic heterocycles. The van der Waals surface area contributed by atoms with Crippen molar-refractivity contribution in [3.8, 4) is 0 Å². The lowest BCUT2D eigenvalue weighted by atomic mass is 10.1. The molecule has 1 aliphatic rings. The van der Waals surface area contributed by atoms with Crippen molar-refractivity contribution in [2.45, 2.75) is 50.5 Å². The molecule has 30 heavy (non-hydrogen) atoms. The molecule has 2 rings (SSSR count). The number of carbonyl (C=O) groups is 1. The summed E-state index contributed by atoms with van der Waals surface area (Å²) in [5.74, 6) is 1.02. The quantitative estimate of drug-likeness (QED) is 0.187. The summed E-state index contributed by atoms with van der Waals surface area (Å²) in [6.07, 6.45) is 16.1. The first-order valence-corrected chi connectivity index (χ1v) is 12.7. The van der Waals surface area contributed by atoms with Crippen LogP contribution in [0.25, 0.3) is 0 Å². The summed E-state index contributed by atoms with van der Waals surface area (Å²) < 4.78 is 0. The Bertz CT molecular complexity index is 773. The molecular weight excluding hydrogens is 412 g/mol. The predicted octanol–water partition coefficient (Wildman–Crippen LogP) is 5.30. The summed E-state index contributed by atoms with van der Waals surface area (Å²) in [6.45, 7) is 2.73. The van der Waals surface area contributed by atoms with Gasteiger partial charge in [0.1, 0.15) is 5.03 Å². The molecule has 0 atom stereocenters. The Labute approximate surface area is 188 Å². The molecule has 1 aliphatic carbocycles. The lowest BCUT2D eigenvalue weighted by Crippen LogP contribution is -2.25. The highest BCUT2D eigenvalue weighted by Crippen LogP contribution is 2.28. The molecule has 1 amide bonds. The lowest BCUT2D eigenvalue weighted by molar-refractivity contribution is -0.121. The molecule has 0 saturated heterocycles. The fourth-order valence-corrected chi connectivity index (χ4v) is 4.77. The normalized spacial score (nSPS) is 14.0. The van der Waals surface area contributed by atoms with Crippen molar-refractivity contribution in [2.24, 2.45) is 5.10 Å². The number of hydrogen-bond donors (Lipinski definition) is 2. The molecule has 0 saturated carbocycles. The summed E-state index contributed by atoms with van der Waals surface area (Å²) in [4.78, 5) is 16.3. The first-order chi connectivity index (χ1) is 14.7. The van der Waals surface area contributed by atoms with Gasteiger partial charge >= 0.3 is 0 Å². The van der Waals surface area contributed by atoms with Gasteiger partial charge in [0.05, 0.1) is 0 Å². The van der Waals surface area contributed by atoms with Crippen molar-refractivity contribution in [2.75, 3.05) is 19.3 Å². The van der Waals surface area contributed by atoms with Crippen LogP contribution in [-0.2, 0) is 4.79 Å². The zero-order chi connectivity index (χ0) is 21.4. The van der Waals surface area contributed by atoms with Crippen LogP contribution in [0.4, 0.5) is 0 Å². The van der Waals surface area contributed by atoms with Gasteiger partial charge in [-0.25, -0.2) is 4.98 Å². The van der Waals surface area contributed by atoms with Gasteiger partial charge in [-0.3, -0.25) is 4.79 Å². The minimum atomic E-state index is 0.145. The Morgan fingerprint density at radius 2 is 2.03 bits per heavy atom. The zero-order valence-electron chi connectivity index (χ0n) is 17.9. The van der Waals surface area contributed by atoms with Crippen LogP contribution in [0, 0.1) is 0 Å². The van der Waals surface area contributed by atoms with Gasteiger partial charge in [-0.15, -0.1) is 0 Å². The molecule has 1 heterocycles. The van der Waals surface area contributed by atoms with Crippen molar-refractivity contribution >= 4 is 33.2 Å². The number of carbonyl (C=O) groups excluding carboxylic acids is 1. The second-order valence-corrected chi connectivity index (χ2v) is 9.44. The van der Waals surface area contributed by atoms with Gasteiger partial charge in [0.25, 0.3) is 0 Å². The largest absolute Gasteiger partial charge is 0.355 e. The first-order valence-electron chi connectivity index (χ1n) is 10.4. The minimum Gasteiger partial charge on any atom is -0.355 e. The van der Waals surface area contributed by atoms with Gasteiger partial charge in [0.2, 0.25) is 5.91 Å². The third-order valence-electron chi connectivity index (χ3n) is 4.44. The number of hydrogen-bond acceptors (Lipinski definition) is 6. The summed E-state index contributed by atoms with van der Waals surface area (Å²) in [5.41, 5.74) is 6.57. The summed E-state index contributed by atoms with van der Waals surface area (Å²) in [7, 11) is 5.18. The number of nitrogens with zero attached hydrogens (tertiary/aromatic N) is 2. The van der Waals surface area contributed by atoms with Crippen LogP contribution >= 0.6 is 21.6 Å². The van der Waals surface area contributed by atoms with E-state index in [-0.39, 0.29) is 5.91 Å². The van der Waals surface area contributed by atoms with Crippen LogP contribution < -0.4 is 10.7 Å². The second kappa shape index (κ2) is 14.9. The topological polar surface area (TPSA) is 66.4 Å². The number of hydrazone groups is 1. The fourth-order valence-electron chi connectivity index (χ4n) is 2.99. The van der Waals surface area contributed by atoms with E-state index in [1.807, 2.05) is 32.2 Å². The average molecular weight is 445 g/mol. The number of unbranched alkanes of at least 4 members (excludes halogenated alkanes) is 1. The van der Waals surface area contributed by atoms with Gasteiger partial charge in [-0.1, -0.05) is 46.7 Å². The molecule has 0 unspecified atom stereocenters. The number of pyridine rings is 1. The highest BCUT2D eigenvalue weighted by Gasteiger charge is 2.04. The Morgan fingerprint density at radius 1 is 1.20 bits per heavy atom. The highest BCUT2D eigenvalue weighted by molar-refractivity contribution is 8.76. The highest BCUT2D eigenvalue weighted by atomic mass is 33.1. The molecule has 1 aromatic rings. The van der Waals surface area contributed by atoms with Crippen LogP contribution in [0.5, 0.6) is 0 Å². The van der Waals surface area contributed by atoms with Crippen molar-refractivity contribution in [1.29, 1.82) is 0 Å². The third-order valence-corrected chi connectivity index (χ3v) is 6.71. The molecule has 0 radical (unpaired) electrons. The van der Waals surface area contributed by atoms with Crippen LogP contribution in [0.1, 0.15) is 45.4 Å². The summed E-state index contributed by atoms with van der Waals surface area (Å²) in [5, 5.41) is 8.23.